The topological polar surface area (TPSA) is 17.1 Å². The van der Waals surface area contributed by atoms with Crippen molar-refractivity contribution >= 4 is 21.7 Å². The lowest BCUT2D eigenvalue weighted by molar-refractivity contribution is 0.0967. The van der Waals surface area contributed by atoms with E-state index in [4.69, 9.17) is 0 Å². The molecule has 0 bridgehead atoms. The lowest BCUT2D eigenvalue weighted by Gasteiger charge is -2.02. The van der Waals surface area contributed by atoms with Gasteiger partial charge in [0.2, 0.25) is 0 Å². The maximum atomic E-state index is 11.7. The standard InChI is InChI=1S/C11H11BrO/c1-7-2-5-9(10(12)6-7)11(13)8-3-4-8/h2,5-6,8H,3-4H2,1H3. The third-order valence-corrected chi connectivity index (χ3v) is 2.99. The molecule has 1 aromatic rings. The summed E-state index contributed by atoms with van der Waals surface area (Å²) in [7, 11) is 0. The number of aryl methyl sites for hydroxylation is 1. The van der Waals surface area contributed by atoms with Crippen molar-refractivity contribution in [1.29, 1.82) is 0 Å². The molecule has 0 aromatic heterocycles. The van der Waals surface area contributed by atoms with Crippen molar-refractivity contribution in [2.24, 2.45) is 5.92 Å². The largest absolute Gasteiger partial charge is 0.294 e. The van der Waals surface area contributed by atoms with E-state index in [1.54, 1.807) is 0 Å². The Balaban J connectivity index is 2.33. The molecule has 1 saturated carbocycles. The van der Waals surface area contributed by atoms with E-state index in [-0.39, 0.29) is 0 Å². The van der Waals surface area contributed by atoms with Gasteiger partial charge < -0.3 is 0 Å². The Morgan fingerprint density at radius 3 is 2.69 bits per heavy atom. The van der Waals surface area contributed by atoms with Gasteiger partial charge in [-0.3, -0.25) is 4.79 Å². The first-order valence-corrected chi connectivity index (χ1v) is 5.28. The lowest BCUT2D eigenvalue weighted by Crippen LogP contribution is -2.02. The predicted molar refractivity (Wildman–Crippen MR) is 55.9 cm³/mol. The zero-order chi connectivity index (χ0) is 9.42. The van der Waals surface area contributed by atoms with Gasteiger partial charge in [0.05, 0.1) is 0 Å². The summed E-state index contributed by atoms with van der Waals surface area (Å²) in [4.78, 5) is 11.7. The molecule has 2 heteroatoms. The summed E-state index contributed by atoms with van der Waals surface area (Å²) < 4.78 is 0.935. The molecule has 0 amide bonds. The second-order valence-electron chi connectivity index (χ2n) is 3.62. The van der Waals surface area contributed by atoms with Crippen LogP contribution in [0.25, 0.3) is 0 Å². The fraction of sp³-hybridized carbons (Fsp3) is 0.364. The van der Waals surface area contributed by atoms with E-state index in [0.717, 1.165) is 22.9 Å². The van der Waals surface area contributed by atoms with Gasteiger partial charge in [0.25, 0.3) is 0 Å². The van der Waals surface area contributed by atoms with Gasteiger partial charge in [-0.2, -0.15) is 0 Å². The van der Waals surface area contributed by atoms with Crippen LogP contribution in [0.1, 0.15) is 28.8 Å². The second kappa shape index (κ2) is 3.26. The minimum absolute atomic E-state index is 0.298. The molecule has 0 atom stereocenters. The Hall–Kier alpha value is -0.630. The van der Waals surface area contributed by atoms with E-state index in [0.29, 0.717) is 11.7 Å². The highest BCUT2D eigenvalue weighted by Crippen LogP contribution is 2.34. The molecule has 2 rings (SSSR count). The van der Waals surface area contributed by atoms with Crippen LogP contribution >= 0.6 is 15.9 Å². The van der Waals surface area contributed by atoms with Crippen LogP contribution in [0.3, 0.4) is 0 Å². The normalized spacial score (nSPS) is 15.8. The fourth-order valence-corrected chi connectivity index (χ4v) is 2.07. The lowest BCUT2D eigenvalue weighted by atomic mass is 10.1. The van der Waals surface area contributed by atoms with Crippen molar-refractivity contribution in [3.05, 3.63) is 33.8 Å². The zero-order valence-corrected chi connectivity index (χ0v) is 9.10. The molecule has 0 radical (unpaired) electrons. The highest BCUT2D eigenvalue weighted by Gasteiger charge is 2.31. The van der Waals surface area contributed by atoms with Gasteiger partial charge in [-0.15, -0.1) is 0 Å². The Kier molecular flexibility index (Phi) is 2.24. The van der Waals surface area contributed by atoms with Crippen molar-refractivity contribution in [3.8, 4) is 0 Å². The zero-order valence-electron chi connectivity index (χ0n) is 7.51. The monoisotopic (exact) mass is 238 g/mol. The van der Waals surface area contributed by atoms with Gasteiger partial charge in [-0.05, 0) is 37.5 Å². The average Bonchev–Trinajstić information content (AvgIpc) is 2.85. The smallest absolute Gasteiger partial charge is 0.167 e. The molecular formula is C11H11BrO. The first kappa shape index (κ1) is 8.95. The van der Waals surface area contributed by atoms with Gasteiger partial charge in [-0.1, -0.05) is 22.0 Å². The summed E-state index contributed by atoms with van der Waals surface area (Å²) in [5.41, 5.74) is 2.02. The van der Waals surface area contributed by atoms with Crippen LogP contribution in [-0.4, -0.2) is 5.78 Å². The molecule has 1 nitrogen and oxygen atoms in total. The van der Waals surface area contributed by atoms with Crippen molar-refractivity contribution in [1.82, 2.24) is 0 Å². The molecule has 1 aliphatic carbocycles. The molecule has 0 heterocycles. The number of rotatable bonds is 2. The molecule has 1 fully saturated rings. The van der Waals surface area contributed by atoms with E-state index in [2.05, 4.69) is 15.9 Å². The summed E-state index contributed by atoms with van der Waals surface area (Å²) >= 11 is 3.42. The fourth-order valence-electron chi connectivity index (χ4n) is 1.39. The van der Waals surface area contributed by atoms with Crippen LogP contribution in [0.4, 0.5) is 0 Å². The van der Waals surface area contributed by atoms with E-state index in [9.17, 15) is 4.79 Å². The number of carbonyl (C=O) groups is 1. The Labute approximate surface area is 86.3 Å². The van der Waals surface area contributed by atoms with Gasteiger partial charge in [0.15, 0.2) is 5.78 Å². The highest BCUT2D eigenvalue weighted by molar-refractivity contribution is 9.10. The molecule has 1 aliphatic rings. The van der Waals surface area contributed by atoms with Crippen molar-refractivity contribution in [3.63, 3.8) is 0 Å². The number of hydrogen-bond acceptors (Lipinski definition) is 1. The van der Waals surface area contributed by atoms with E-state index in [1.807, 2.05) is 25.1 Å². The van der Waals surface area contributed by atoms with Gasteiger partial charge >= 0.3 is 0 Å². The van der Waals surface area contributed by atoms with Crippen LogP contribution in [0.5, 0.6) is 0 Å². The van der Waals surface area contributed by atoms with E-state index < -0.39 is 0 Å². The molecule has 0 unspecified atom stereocenters. The van der Waals surface area contributed by atoms with E-state index in [1.165, 1.54) is 5.56 Å². The molecule has 0 spiro atoms. The highest BCUT2D eigenvalue weighted by atomic mass is 79.9. The van der Waals surface area contributed by atoms with E-state index >= 15 is 0 Å². The van der Waals surface area contributed by atoms with Crippen LogP contribution in [-0.2, 0) is 0 Å². The number of ketones is 1. The predicted octanol–water partition coefficient (Wildman–Crippen LogP) is 3.35. The summed E-state index contributed by atoms with van der Waals surface area (Å²) in [5, 5.41) is 0. The molecular weight excluding hydrogens is 228 g/mol. The van der Waals surface area contributed by atoms with Crippen LogP contribution in [0.2, 0.25) is 0 Å². The van der Waals surface area contributed by atoms with Gasteiger partial charge in [0.1, 0.15) is 0 Å². The van der Waals surface area contributed by atoms with Crippen LogP contribution in [0.15, 0.2) is 22.7 Å². The number of Topliss-reactive ketones (excluding diaryl/α,β-unsaturated/α-hetero) is 1. The summed E-state index contributed by atoms with van der Waals surface area (Å²) in [6, 6.07) is 5.90. The van der Waals surface area contributed by atoms with Crippen molar-refractivity contribution in [2.75, 3.05) is 0 Å². The average molecular weight is 239 g/mol. The summed E-state index contributed by atoms with van der Waals surface area (Å²) in [6.07, 6.45) is 2.14. The molecule has 68 valence electrons. The second-order valence-corrected chi connectivity index (χ2v) is 4.48. The van der Waals surface area contributed by atoms with Crippen molar-refractivity contribution < 1.29 is 4.79 Å². The van der Waals surface area contributed by atoms with Crippen LogP contribution < -0.4 is 0 Å². The van der Waals surface area contributed by atoms with Crippen molar-refractivity contribution in [2.45, 2.75) is 19.8 Å². The maximum Gasteiger partial charge on any atom is 0.167 e. The Bertz CT molecular complexity index is 353. The quantitative estimate of drug-likeness (QED) is 0.723. The molecule has 0 saturated heterocycles. The third-order valence-electron chi connectivity index (χ3n) is 2.34. The number of hydrogen-bond donors (Lipinski definition) is 0. The Morgan fingerprint density at radius 1 is 1.46 bits per heavy atom. The maximum absolute atomic E-state index is 11.7. The molecule has 0 N–H and O–H groups in total. The summed E-state index contributed by atoms with van der Waals surface area (Å²) in [6.45, 7) is 2.02. The number of halogens is 1. The third kappa shape index (κ3) is 1.83. The molecule has 1 aromatic carbocycles. The van der Waals surface area contributed by atoms with Gasteiger partial charge in [0, 0.05) is 16.0 Å². The minimum Gasteiger partial charge on any atom is -0.294 e. The SMILES string of the molecule is Cc1ccc(C(=O)C2CC2)c(Br)c1. The first-order valence-electron chi connectivity index (χ1n) is 4.49. The minimum atomic E-state index is 0.298. The number of carbonyl (C=O) groups excluding carboxylic acids is 1. The first-order chi connectivity index (χ1) is 6.18. The summed E-state index contributed by atoms with van der Waals surface area (Å²) in [5.74, 6) is 0.603. The Morgan fingerprint density at radius 2 is 2.15 bits per heavy atom. The van der Waals surface area contributed by atoms with Crippen LogP contribution in [0, 0.1) is 12.8 Å². The molecule has 13 heavy (non-hydrogen) atoms. The van der Waals surface area contributed by atoms with Gasteiger partial charge in [-0.25, -0.2) is 0 Å². The number of benzene rings is 1. The molecule has 0 aliphatic heterocycles.